The van der Waals surface area contributed by atoms with Crippen LogP contribution >= 0.6 is 39.1 Å². The molecule has 0 spiro atoms. The molecule has 0 bridgehead atoms. The van der Waals surface area contributed by atoms with Gasteiger partial charge in [0.05, 0.1) is 27.0 Å². The van der Waals surface area contributed by atoms with Crippen LogP contribution in [0.25, 0.3) is 11.0 Å². The number of aryl methyl sites for hydroxylation is 2. The van der Waals surface area contributed by atoms with Gasteiger partial charge in [-0.15, -0.1) is 0 Å². The van der Waals surface area contributed by atoms with Crippen LogP contribution in [0.5, 0.6) is 0 Å². The Labute approximate surface area is 202 Å². The standard InChI is InChI=1S/C25H16BrCl2NO3/c1-12-3-6-16(9-13(12)2)29-22(14-4-7-18(27)19(28)10-14)21-23(30)17-11-15(26)5-8-20(17)32-24(21)25(29)31/h3-11,22H,1-2H3. The maximum Gasteiger partial charge on any atom is 0.295 e. The molecule has 0 aliphatic carbocycles. The predicted molar refractivity (Wildman–Crippen MR) is 131 cm³/mol. The van der Waals surface area contributed by atoms with Gasteiger partial charge in [-0.2, -0.15) is 0 Å². The Morgan fingerprint density at radius 1 is 0.906 bits per heavy atom. The highest BCUT2D eigenvalue weighted by Gasteiger charge is 2.43. The molecule has 0 fully saturated rings. The van der Waals surface area contributed by atoms with Gasteiger partial charge in [-0.05, 0) is 73.0 Å². The highest BCUT2D eigenvalue weighted by atomic mass is 79.9. The van der Waals surface area contributed by atoms with Gasteiger partial charge >= 0.3 is 0 Å². The van der Waals surface area contributed by atoms with Gasteiger partial charge < -0.3 is 4.42 Å². The molecule has 32 heavy (non-hydrogen) atoms. The first-order valence-electron chi connectivity index (χ1n) is 9.88. The van der Waals surface area contributed by atoms with Crippen molar-refractivity contribution in [2.75, 3.05) is 4.90 Å². The van der Waals surface area contributed by atoms with Crippen LogP contribution in [-0.4, -0.2) is 5.91 Å². The van der Waals surface area contributed by atoms with E-state index < -0.39 is 6.04 Å². The summed E-state index contributed by atoms with van der Waals surface area (Å²) < 4.78 is 6.74. The average Bonchev–Trinajstić information content (AvgIpc) is 3.05. The molecule has 3 aromatic carbocycles. The Hall–Kier alpha value is -2.60. The molecule has 160 valence electrons. The number of hydrogen-bond acceptors (Lipinski definition) is 3. The summed E-state index contributed by atoms with van der Waals surface area (Å²) in [6.45, 7) is 3.99. The van der Waals surface area contributed by atoms with Crippen LogP contribution < -0.4 is 10.3 Å². The summed E-state index contributed by atoms with van der Waals surface area (Å²) in [6, 6.07) is 15.4. The smallest absolute Gasteiger partial charge is 0.295 e. The van der Waals surface area contributed by atoms with Crippen LogP contribution in [0.1, 0.15) is 38.9 Å². The molecule has 7 heteroatoms. The van der Waals surface area contributed by atoms with E-state index in [0.717, 1.165) is 15.6 Å². The van der Waals surface area contributed by atoms with E-state index in [1.807, 2.05) is 32.0 Å². The lowest BCUT2D eigenvalue weighted by Gasteiger charge is -2.26. The molecule has 1 aliphatic rings. The Morgan fingerprint density at radius 3 is 2.41 bits per heavy atom. The van der Waals surface area contributed by atoms with Gasteiger partial charge in [0.1, 0.15) is 5.58 Å². The first kappa shape index (κ1) is 21.3. The minimum atomic E-state index is -0.700. The zero-order valence-electron chi connectivity index (χ0n) is 17.1. The summed E-state index contributed by atoms with van der Waals surface area (Å²) in [5, 5.41) is 1.14. The minimum absolute atomic E-state index is 0.0409. The minimum Gasteiger partial charge on any atom is -0.450 e. The number of hydrogen-bond donors (Lipinski definition) is 0. The van der Waals surface area contributed by atoms with Crippen molar-refractivity contribution in [3.8, 4) is 0 Å². The average molecular weight is 529 g/mol. The zero-order chi connectivity index (χ0) is 22.7. The molecule has 1 unspecified atom stereocenters. The van der Waals surface area contributed by atoms with Gasteiger partial charge in [0, 0.05) is 10.2 Å². The van der Waals surface area contributed by atoms with Crippen molar-refractivity contribution in [1.82, 2.24) is 0 Å². The number of benzene rings is 3. The number of carbonyl (C=O) groups excluding carboxylic acids is 1. The van der Waals surface area contributed by atoms with Gasteiger partial charge in [0.2, 0.25) is 5.76 Å². The fraction of sp³-hybridized carbons (Fsp3) is 0.120. The van der Waals surface area contributed by atoms with Crippen molar-refractivity contribution in [2.24, 2.45) is 0 Å². The molecule has 1 amide bonds. The number of fused-ring (bicyclic) bond motifs is 2. The topological polar surface area (TPSA) is 50.5 Å². The molecule has 4 nitrogen and oxygen atoms in total. The molecule has 5 rings (SSSR count). The van der Waals surface area contributed by atoms with Gasteiger partial charge in [0.15, 0.2) is 5.43 Å². The summed E-state index contributed by atoms with van der Waals surface area (Å²) in [4.78, 5) is 28.8. The lowest BCUT2D eigenvalue weighted by molar-refractivity contribution is 0.0971. The number of halogens is 3. The van der Waals surface area contributed by atoms with E-state index in [9.17, 15) is 9.59 Å². The van der Waals surface area contributed by atoms with E-state index in [1.54, 1.807) is 41.3 Å². The van der Waals surface area contributed by atoms with Crippen molar-refractivity contribution in [3.05, 3.63) is 107 Å². The van der Waals surface area contributed by atoms with Crippen molar-refractivity contribution in [1.29, 1.82) is 0 Å². The van der Waals surface area contributed by atoms with E-state index in [2.05, 4.69) is 15.9 Å². The predicted octanol–water partition coefficient (Wildman–Crippen LogP) is 7.23. The Balaban J connectivity index is 1.83. The Morgan fingerprint density at radius 2 is 1.69 bits per heavy atom. The summed E-state index contributed by atoms with van der Waals surface area (Å²) in [6.07, 6.45) is 0. The van der Waals surface area contributed by atoms with Crippen LogP contribution in [-0.2, 0) is 0 Å². The van der Waals surface area contributed by atoms with E-state index >= 15 is 0 Å². The molecule has 0 saturated carbocycles. The number of anilines is 1. The summed E-state index contributed by atoms with van der Waals surface area (Å²) in [5.41, 5.74) is 3.88. The van der Waals surface area contributed by atoms with Crippen LogP contribution in [0.3, 0.4) is 0 Å². The lowest BCUT2D eigenvalue weighted by Crippen LogP contribution is -2.29. The normalized spacial score (nSPS) is 15.5. The molecular formula is C25H16BrCl2NO3. The summed E-state index contributed by atoms with van der Waals surface area (Å²) in [5.74, 6) is -0.333. The molecule has 2 heterocycles. The van der Waals surface area contributed by atoms with E-state index in [0.29, 0.717) is 32.3 Å². The van der Waals surface area contributed by atoms with Crippen molar-refractivity contribution >= 4 is 61.7 Å². The molecule has 0 radical (unpaired) electrons. The van der Waals surface area contributed by atoms with E-state index in [1.165, 1.54) is 0 Å². The van der Waals surface area contributed by atoms with Gasteiger partial charge in [-0.1, -0.05) is 51.3 Å². The van der Waals surface area contributed by atoms with Crippen LogP contribution in [0.2, 0.25) is 10.0 Å². The highest BCUT2D eigenvalue weighted by molar-refractivity contribution is 9.10. The fourth-order valence-corrected chi connectivity index (χ4v) is 4.75. The van der Waals surface area contributed by atoms with Crippen LogP contribution in [0, 0.1) is 13.8 Å². The molecule has 0 N–H and O–H groups in total. The maximum atomic E-state index is 13.6. The largest absolute Gasteiger partial charge is 0.450 e. The SMILES string of the molecule is Cc1ccc(N2C(=O)c3oc4ccc(Br)cc4c(=O)c3C2c2ccc(Cl)c(Cl)c2)cc1C. The van der Waals surface area contributed by atoms with E-state index in [-0.39, 0.29) is 22.7 Å². The van der Waals surface area contributed by atoms with Crippen molar-refractivity contribution in [3.63, 3.8) is 0 Å². The lowest BCUT2D eigenvalue weighted by atomic mass is 9.98. The number of amides is 1. The second-order valence-corrected chi connectivity index (χ2v) is 9.56. The van der Waals surface area contributed by atoms with Crippen molar-refractivity contribution < 1.29 is 9.21 Å². The third-order valence-corrected chi connectivity index (χ3v) is 7.09. The Kier molecular flexibility index (Phi) is 5.16. The third kappa shape index (κ3) is 3.27. The fourth-order valence-electron chi connectivity index (χ4n) is 4.08. The number of rotatable bonds is 2. The second kappa shape index (κ2) is 7.77. The zero-order valence-corrected chi connectivity index (χ0v) is 20.2. The molecule has 0 saturated heterocycles. The highest BCUT2D eigenvalue weighted by Crippen LogP contribution is 2.42. The van der Waals surface area contributed by atoms with Crippen LogP contribution in [0.15, 0.2) is 68.3 Å². The first-order valence-corrected chi connectivity index (χ1v) is 11.4. The molecule has 1 aliphatic heterocycles. The van der Waals surface area contributed by atoms with E-state index in [4.69, 9.17) is 27.6 Å². The molecule has 4 aromatic rings. The van der Waals surface area contributed by atoms with Crippen molar-refractivity contribution in [2.45, 2.75) is 19.9 Å². The maximum absolute atomic E-state index is 13.6. The van der Waals surface area contributed by atoms with Gasteiger partial charge in [-0.25, -0.2) is 0 Å². The third-order valence-electron chi connectivity index (χ3n) is 5.86. The quantitative estimate of drug-likeness (QED) is 0.276. The summed E-state index contributed by atoms with van der Waals surface area (Å²) in [7, 11) is 0. The second-order valence-electron chi connectivity index (χ2n) is 7.83. The summed E-state index contributed by atoms with van der Waals surface area (Å²) >= 11 is 15.9. The van der Waals surface area contributed by atoms with Gasteiger partial charge in [-0.3, -0.25) is 14.5 Å². The number of nitrogens with zero attached hydrogens (tertiary/aromatic N) is 1. The monoisotopic (exact) mass is 527 g/mol. The molecule has 1 atom stereocenters. The molecular weight excluding hydrogens is 513 g/mol. The molecule has 1 aromatic heterocycles. The van der Waals surface area contributed by atoms with Crippen LogP contribution in [0.4, 0.5) is 5.69 Å². The Bertz CT molecular complexity index is 1500. The first-order chi connectivity index (χ1) is 15.3. The van der Waals surface area contributed by atoms with Gasteiger partial charge in [0.25, 0.3) is 5.91 Å². The number of carbonyl (C=O) groups is 1.